The largest absolute Gasteiger partial charge is 0.508 e. The van der Waals surface area contributed by atoms with Gasteiger partial charge < -0.3 is 15.0 Å². The summed E-state index contributed by atoms with van der Waals surface area (Å²) in [6, 6.07) is 7.04. The second-order valence-corrected chi connectivity index (χ2v) is 3.36. The zero-order valence-electron chi connectivity index (χ0n) is 8.51. The number of aromatic hydroxyl groups is 1. The zero-order valence-corrected chi connectivity index (χ0v) is 8.51. The molecule has 0 saturated carbocycles. The van der Waals surface area contributed by atoms with Crippen molar-refractivity contribution < 1.29 is 5.11 Å². The van der Waals surface area contributed by atoms with Crippen molar-refractivity contribution in [1.82, 2.24) is 9.55 Å². The fourth-order valence-electron chi connectivity index (χ4n) is 1.36. The first-order valence-corrected chi connectivity index (χ1v) is 4.75. The monoisotopic (exact) mass is 203 g/mol. The number of hydrogen-bond acceptors (Lipinski definition) is 3. The first kappa shape index (κ1) is 9.58. The van der Waals surface area contributed by atoms with Crippen LogP contribution in [0.5, 0.6) is 5.75 Å². The topological polar surface area (TPSA) is 50.1 Å². The Bertz CT molecular complexity index is 451. The highest BCUT2D eigenvalue weighted by molar-refractivity contribution is 5.47. The molecule has 0 bridgehead atoms. The van der Waals surface area contributed by atoms with Crippen LogP contribution in [0.15, 0.2) is 36.7 Å². The van der Waals surface area contributed by atoms with Crippen molar-refractivity contribution in [3.63, 3.8) is 0 Å². The third kappa shape index (κ3) is 2.28. The molecule has 0 spiro atoms. The van der Waals surface area contributed by atoms with Gasteiger partial charge in [-0.25, -0.2) is 4.98 Å². The summed E-state index contributed by atoms with van der Waals surface area (Å²) in [5.74, 6) is 1.22. The van der Waals surface area contributed by atoms with E-state index in [9.17, 15) is 5.11 Å². The molecule has 0 radical (unpaired) electrons. The van der Waals surface area contributed by atoms with Gasteiger partial charge in [0.05, 0.1) is 6.54 Å². The normalized spacial score (nSPS) is 10.2. The molecular weight excluding hydrogens is 190 g/mol. The molecule has 1 heterocycles. The zero-order chi connectivity index (χ0) is 10.7. The average Bonchev–Trinajstić information content (AvgIpc) is 2.61. The second kappa shape index (κ2) is 4.04. The van der Waals surface area contributed by atoms with Crippen LogP contribution in [0.25, 0.3) is 0 Å². The van der Waals surface area contributed by atoms with Gasteiger partial charge in [0.2, 0.25) is 0 Å². The Morgan fingerprint density at radius 2 is 2.33 bits per heavy atom. The number of hydrogen-bond donors (Lipinski definition) is 2. The van der Waals surface area contributed by atoms with E-state index < -0.39 is 0 Å². The van der Waals surface area contributed by atoms with E-state index in [0.29, 0.717) is 6.54 Å². The fraction of sp³-hybridized carbons (Fsp3) is 0.182. The average molecular weight is 203 g/mol. The number of imidazole rings is 1. The minimum Gasteiger partial charge on any atom is -0.508 e. The Labute approximate surface area is 88.2 Å². The Balaban J connectivity index is 2.02. The molecule has 2 N–H and O–H groups in total. The van der Waals surface area contributed by atoms with Gasteiger partial charge in [0, 0.05) is 31.2 Å². The summed E-state index contributed by atoms with van der Waals surface area (Å²) in [6.07, 6.45) is 3.67. The summed E-state index contributed by atoms with van der Waals surface area (Å²) in [5, 5.41) is 12.4. The summed E-state index contributed by atoms with van der Waals surface area (Å²) in [6.45, 7) is 0.646. The van der Waals surface area contributed by atoms with E-state index in [1.54, 1.807) is 24.4 Å². The van der Waals surface area contributed by atoms with Crippen molar-refractivity contribution in [2.75, 3.05) is 5.32 Å². The Kier molecular flexibility index (Phi) is 2.58. The predicted octanol–water partition coefficient (Wildman–Crippen LogP) is 1.74. The van der Waals surface area contributed by atoms with Gasteiger partial charge >= 0.3 is 0 Å². The van der Waals surface area contributed by atoms with E-state index in [1.165, 1.54) is 0 Å². The highest BCUT2D eigenvalue weighted by Gasteiger charge is 1.98. The minimum absolute atomic E-state index is 0.264. The maximum absolute atomic E-state index is 9.26. The quantitative estimate of drug-likeness (QED) is 0.798. The standard InChI is InChI=1S/C11H13N3O/c1-14-6-5-12-11(14)8-13-9-3-2-4-10(15)7-9/h2-7,13,15H,8H2,1H3. The van der Waals surface area contributed by atoms with Crippen molar-refractivity contribution >= 4 is 5.69 Å². The molecule has 0 atom stereocenters. The van der Waals surface area contributed by atoms with Gasteiger partial charge in [0.1, 0.15) is 11.6 Å². The lowest BCUT2D eigenvalue weighted by atomic mass is 10.3. The van der Waals surface area contributed by atoms with Crippen LogP contribution in [-0.2, 0) is 13.6 Å². The highest BCUT2D eigenvalue weighted by atomic mass is 16.3. The molecule has 0 fully saturated rings. The lowest BCUT2D eigenvalue weighted by Gasteiger charge is -2.06. The third-order valence-electron chi connectivity index (χ3n) is 2.22. The summed E-state index contributed by atoms with van der Waals surface area (Å²) in [5.41, 5.74) is 0.887. The number of nitrogens with one attached hydrogen (secondary N) is 1. The van der Waals surface area contributed by atoms with Crippen LogP contribution in [0, 0.1) is 0 Å². The predicted molar refractivity (Wildman–Crippen MR) is 58.6 cm³/mol. The van der Waals surface area contributed by atoms with E-state index in [0.717, 1.165) is 11.5 Å². The SMILES string of the molecule is Cn1ccnc1CNc1cccc(O)c1. The maximum atomic E-state index is 9.26. The lowest BCUT2D eigenvalue weighted by molar-refractivity contribution is 0.475. The summed E-state index contributed by atoms with van der Waals surface area (Å²) < 4.78 is 1.95. The van der Waals surface area contributed by atoms with E-state index >= 15 is 0 Å². The van der Waals surface area contributed by atoms with E-state index in [4.69, 9.17) is 0 Å². The Morgan fingerprint density at radius 1 is 1.47 bits per heavy atom. The number of rotatable bonds is 3. The third-order valence-corrected chi connectivity index (χ3v) is 2.22. The van der Waals surface area contributed by atoms with Crippen LogP contribution in [0.1, 0.15) is 5.82 Å². The molecule has 2 aromatic rings. The van der Waals surface area contributed by atoms with Gasteiger partial charge in [0.15, 0.2) is 0 Å². The molecule has 1 aromatic carbocycles. The summed E-state index contributed by atoms with van der Waals surface area (Å²) in [7, 11) is 1.95. The number of anilines is 1. The molecule has 0 aliphatic heterocycles. The molecule has 4 heteroatoms. The van der Waals surface area contributed by atoms with Crippen LogP contribution >= 0.6 is 0 Å². The fourth-order valence-corrected chi connectivity index (χ4v) is 1.36. The van der Waals surface area contributed by atoms with E-state index in [1.807, 2.05) is 23.9 Å². The molecule has 15 heavy (non-hydrogen) atoms. The molecule has 1 aromatic heterocycles. The van der Waals surface area contributed by atoms with Gasteiger partial charge in [-0.15, -0.1) is 0 Å². The molecule has 0 amide bonds. The van der Waals surface area contributed by atoms with Crippen LogP contribution in [0.3, 0.4) is 0 Å². The summed E-state index contributed by atoms with van der Waals surface area (Å²) >= 11 is 0. The van der Waals surface area contributed by atoms with Crippen LogP contribution < -0.4 is 5.32 Å². The first-order chi connectivity index (χ1) is 7.25. The molecule has 78 valence electrons. The van der Waals surface area contributed by atoms with Gasteiger partial charge in [0.25, 0.3) is 0 Å². The van der Waals surface area contributed by atoms with Crippen LogP contribution in [0.2, 0.25) is 0 Å². The van der Waals surface area contributed by atoms with Crippen molar-refractivity contribution in [2.24, 2.45) is 7.05 Å². The molecule has 0 aliphatic carbocycles. The summed E-state index contributed by atoms with van der Waals surface area (Å²) in [4.78, 5) is 4.19. The molecule has 0 aliphatic rings. The van der Waals surface area contributed by atoms with Crippen molar-refractivity contribution in [1.29, 1.82) is 0 Å². The van der Waals surface area contributed by atoms with Crippen molar-refractivity contribution in [3.05, 3.63) is 42.5 Å². The number of aryl methyl sites for hydroxylation is 1. The van der Waals surface area contributed by atoms with Crippen molar-refractivity contribution in [2.45, 2.75) is 6.54 Å². The van der Waals surface area contributed by atoms with Gasteiger partial charge in [-0.1, -0.05) is 6.07 Å². The van der Waals surface area contributed by atoms with Gasteiger partial charge in [-0.3, -0.25) is 0 Å². The molecule has 0 unspecified atom stereocenters. The minimum atomic E-state index is 0.264. The van der Waals surface area contributed by atoms with Gasteiger partial charge in [-0.05, 0) is 12.1 Å². The number of phenolic OH excluding ortho intramolecular Hbond substituents is 1. The van der Waals surface area contributed by atoms with Crippen LogP contribution in [-0.4, -0.2) is 14.7 Å². The first-order valence-electron chi connectivity index (χ1n) is 4.75. The smallest absolute Gasteiger partial charge is 0.127 e. The van der Waals surface area contributed by atoms with E-state index in [-0.39, 0.29) is 5.75 Å². The maximum Gasteiger partial charge on any atom is 0.127 e. The molecule has 0 saturated heterocycles. The molecule has 2 rings (SSSR count). The lowest BCUT2D eigenvalue weighted by Crippen LogP contribution is -2.05. The Hall–Kier alpha value is -1.97. The highest BCUT2D eigenvalue weighted by Crippen LogP contribution is 2.15. The van der Waals surface area contributed by atoms with E-state index in [2.05, 4.69) is 10.3 Å². The number of aromatic nitrogens is 2. The molecule has 4 nitrogen and oxygen atoms in total. The second-order valence-electron chi connectivity index (χ2n) is 3.36. The number of benzene rings is 1. The van der Waals surface area contributed by atoms with Crippen LogP contribution in [0.4, 0.5) is 5.69 Å². The number of phenols is 1. The van der Waals surface area contributed by atoms with Gasteiger partial charge in [-0.2, -0.15) is 0 Å². The number of nitrogens with zero attached hydrogens (tertiary/aromatic N) is 2. The van der Waals surface area contributed by atoms with Crippen molar-refractivity contribution in [3.8, 4) is 5.75 Å². The Morgan fingerprint density at radius 3 is 3.00 bits per heavy atom. The molecular formula is C11H13N3O.